The van der Waals surface area contributed by atoms with E-state index in [0.717, 1.165) is 19.5 Å². The van der Waals surface area contributed by atoms with Gasteiger partial charge in [-0.3, -0.25) is 0 Å². The van der Waals surface area contributed by atoms with Gasteiger partial charge < -0.3 is 11.1 Å². The van der Waals surface area contributed by atoms with Crippen molar-refractivity contribution in [3.63, 3.8) is 0 Å². The molecule has 1 atom stereocenters. The van der Waals surface area contributed by atoms with Gasteiger partial charge in [-0.1, -0.05) is 20.8 Å². The lowest BCUT2D eigenvalue weighted by molar-refractivity contribution is 0.352. The van der Waals surface area contributed by atoms with Crippen LogP contribution in [0.25, 0.3) is 0 Å². The highest BCUT2D eigenvalue weighted by molar-refractivity contribution is 4.68. The molecule has 0 amide bonds. The van der Waals surface area contributed by atoms with E-state index in [2.05, 4.69) is 33.0 Å². The number of hydrogen-bond donors (Lipinski definition) is 2. The van der Waals surface area contributed by atoms with Crippen molar-refractivity contribution < 1.29 is 0 Å². The van der Waals surface area contributed by atoms with E-state index in [1.807, 2.05) is 0 Å². The number of nitrogens with two attached hydrogens (primary N) is 1. The average Bonchev–Trinajstić information content (AvgIpc) is 1.83. The Hall–Kier alpha value is -0.0800. The SMILES string of the molecule is CC(CCN)NCC(C)(C)C. The van der Waals surface area contributed by atoms with Crippen molar-refractivity contribution in [3.8, 4) is 0 Å². The first-order valence-electron chi connectivity index (χ1n) is 4.39. The second kappa shape index (κ2) is 4.73. The van der Waals surface area contributed by atoms with Crippen molar-refractivity contribution in [2.45, 2.75) is 40.2 Å². The molecule has 0 saturated heterocycles. The van der Waals surface area contributed by atoms with Gasteiger partial charge in [0.1, 0.15) is 0 Å². The van der Waals surface area contributed by atoms with Crippen LogP contribution in [-0.4, -0.2) is 19.1 Å². The smallest absolute Gasteiger partial charge is 0.00509 e. The molecule has 0 spiro atoms. The molecular weight excluding hydrogens is 136 g/mol. The van der Waals surface area contributed by atoms with Gasteiger partial charge in [0.05, 0.1) is 0 Å². The molecule has 1 unspecified atom stereocenters. The van der Waals surface area contributed by atoms with Crippen molar-refractivity contribution in [2.75, 3.05) is 13.1 Å². The second-order valence-electron chi connectivity index (χ2n) is 4.42. The highest BCUT2D eigenvalue weighted by Gasteiger charge is 2.10. The molecule has 0 heterocycles. The van der Waals surface area contributed by atoms with Crippen LogP contribution in [0.4, 0.5) is 0 Å². The fourth-order valence-corrected chi connectivity index (χ4v) is 0.832. The maximum absolute atomic E-state index is 5.43. The van der Waals surface area contributed by atoms with Gasteiger partial charge >= 0.3 is 0 Å². The maximum atomic E-state index is 5.43. The van der Waals surface area contributed by atoms with Crippen LogP contribution in [0.15, 0.2) is 0 Å². The Morgan fingerprint density at radius 1 is 1.36 bits per heavy atom. The van der Waals surface area contributed by atoms with Crippen LogP contribution in [0.2, 0.25) is 0 Å². The molecule has 3 N–H and O–H groups in total. The lowest BCUT2D eigenvalue weighted by atomic mass is 9.96. The topological polar surface area (TPSA) is 38.0 Å². The Morgan fingerprint density at radius 2 is 1.91 bits per heavy atom. The number of hydrogen-bond acceptors (Lipinski definition) is 2. The molecule has 68 valence electrons. The third kappa shape index (κ3) is 7.82. The Morgan fingerprint density at radius 3 is 2.27 bits per heavy atom. The summed E-state index contributed by atoms with van der Waals surface area (Å²) in [6.07, 6.45) is 1.07. The second-order valence-corrected chi connectivity index (χ2v) is 4.42. The minimum absolute atomic E-state index is 0.378. The summed E-state index contributed by atoms with van der Waals surface area (Å²) in [5, 5.41) is 3.44. The van der Waals surface area contributed by atoms with Crippen molar-refractivity contribution in [3.05, 3.63) is 0 Å². The highest BCUT2D eigenvalue weighted by atomic mass is 14.9. The van der Waals surface area contributed by atoms with Crippen LogP contribution >= 0.6 is 0 Å². The van der Waals surface area contributed by atoms with E-state index in [-0.39, 0.29) is 0 Å². The molecule has 0 aromatic carbocycles. The Labute approximate surface area is 70.5 Å². The molecule has 0 rings (SSSR count). The van der Waals surface area contributed by atoms with Crippen LogP contribution in [0.5, 0.6) is 0 Å². The van der Waals surface area contributed by atoms with Crippen molar-refractivity contribution in [1.29, 1.82) is 0 Å². The van der Waals surface area contributed by atoms with Crippen LogP contribution in [0.3, 0.4) is 0 Å². The van der Waals surface area contributed by atoms with Crippen molar-refractivity contribution in [2.24, 2.45) is 11.1 Å². The summed E-state index contributed by atoms with van der Waals surface area (Å²) in [4.78, 5) is 0. The quantitative estimate of drug-likeness (QED) is 0.648. The van der Waals surface area contributed by atoms with Gasteiger partial charge in [-0.05, 0) is 25.3 Å². The zero-order chi connectivity index (χ0) is 8.91. The summed E-state index contributed by atoms with van der Waals surface area (Å²) in [5.74, 6) is 0. The Balaban J connectivity index is 3.38. The molecule has 0 aliphatic carbocycles. The largest absolute Gasteiger partial charge is 0.330 e. The first-order chi connectivity index (χ1) is 4.95. The van der Waals surface area contributed by atoms with Crippen LogP contribution in [-0.2, 0) is 0 Å². The predicted molar refractivity (Wildman–Crippen MR) is 50.6 cm³/mol. The summed E-state index contributed by atoms with van der Waals surface area (Å²) >= 11 is 0. The van der Waals surface area contributed by atoms with E-state index in [1.165, 1.54) is 0 Å². The summed E-state index contributed by atoms with van der Waals surface area (Å²) < 4.78 is 0. The number of rotatable bonds is 4. The van der Waals surface area contributed by atoms with Crippen molar-refractivity contribution in [1.82, 2.24) is 5.32 Å². The van der Waals surface area contributed by atoms with Gasteiger partial charge in [0.2, 0.25) is 0 Å². The molecular formula is C9H22N2. The minimum atomic E-state index is 0.378. The molecule has 0 aliphatic heterocycles. The maximum Gasteiger partial charge on any atom is 0.00509 e. The van der Waals surface area contributed by atoms with E-state index < -0.39 is 0 Å². The summed E-state index contributed by atoms with van der Waals surface area (Å²) in [6.45, 7) is 10.7. The zero-order valence-electron chi connectivity index (χ0n) is 8.28. The first kappa shape index (κ1) is 10.9. The van der Waals surface area contributed by atoms with Gasteiger partial charge in [-0.15, -0.1) is 0 Å². The Bertz CT molecular complexity index is 94.2. The molecule has 0 bridgehead atoms. The van der Waals surface area contributed by atoms with Gasteiger partial charge in [-0.25, -0.2) is 0 Å². The molecule has 2 heteroatoms. The molecule has 11 heavy (non-hydrogen) atoms. The van der Waals surface area contributed by atoms with Crippen LogP contribution < -0.4 is 11.1 Å². The lowest BCUT2D eigenvalue weighted by Gasteiger charge is -2.22. The van der Waals surface area contributed by atoms with Gasteiger partial charge in [-0.2, -0.15) is 0 Å². The first-order valence-corrected chi connectivity index (χ1v) is 4.39. The standard InChI is InChI=1S/C9H22N2/c1-8(5-6-10)11-7-9(2,3)4/h8,11H,5-7,10H2,1-4H3. The van der Waals surface area contributed by atoms with Crippen molar-refractivity contribution >= 4 is 0 Å². The van der Waals surface area contributed by atoms with Gasteiger partial charge in [0.25, 0.3) is 0 Å². The third-order valence-electron chi connectivity index (χ3n) is 1.58. The molecule has 0 aromatic rings. The Kier molecular flexibility index (Phi) is 4.69. The summed E-state index contributed by atoms with van der Waals surface area (Å²) in [7, 11) is 0. The highest BCUT2D eigenvalue weighted by Crippen LogP contribution is 2.10. The molecule has 2 nitrogen and oxygen atoms in total. The van der Waals surface area contributed by atoms with E-state index in [9.17, 15) is 0 Å². The number of nitrogens with one attached hydrogen (secondary N) is 1. The molecule has 0 radical (unpaired) electrons. The molecule has 0 saturated carbocycles. The van der Waals surface area contributed by atoms with Crippen LogP contribution in [0.1, 0.15) is 34.1 Å². The van der Waals surface area contributed by atoms with Gasteiger partial charge in [0.15, 0.2) is 0 Å². The lowest BCUT2D eigenvalue weighted by Crippen LogP contribution is -2.35. The van der Waals surface area contributed by atoms with E-state index in [4.69, 9.17) is 5.73 Å². The van der Waals surface area contributed by atoms with E-state index >= 15 is 0 Å². The van der Waals surface area contributed by atoms with E-state index in [0.29, 0.717) is 11.5 Å². The third-order valence-corrected chi connectivity index (χ3v) is 1.58. The summed E-state index contributed by atoms with van der Waals surface area (Å²) in [5.41, 5.74) is 5.81. The zero-order valence-corrected chi connectivity index (χ0v) is 8.28. The fourth-order valence-electron chi connectivity index (χ4n) is 0.832. The molecule has 0 aliphatic rings. The average molecular weight is 158 g/mol. The van der Waals surface area contributed by atoms with E-state index in [1.54, 1.807) is 0 Å². The fraction of sp³-hybridized carbons (Fsp3) is 1.00. The predicted octanol–water partition coefficient (Wildman–Crippen LogP) is 1.36. The molecule has 0 aromatic heterocycles. The molecule has 0 fully saturated rings. The minimum Gasteiger partial charge on any atom is -0.330 e. The van der Waals surface area contributed by atoms with Gasteiger partial charge in [0, 0.05) is 12.6 Å². The normalized spacial score (nSPS) is 15.0. The van der Waals surface area contributed by atoms with Crippen LogP contribution in [0, 0.1) is 5.41 Å². The monoisotopic (exact) mass is 158 g/mol. The summed E-state index contributed by atoms with van der Waals surface area (Å²) in [6, 6.07) is 0.555.